The van der Waals surface area contributed by atoms with Crippen LogP contribution in [-0.4, -0.2) is 13.1 Å². The molecule has 3 nitrogen and oxygen atoms in total. The predicted molar refractivity (Wildman–Crippen MR) is 46.9 cm³/mol. The van der Waals surface area contributed by atoms with Crippen molar-refractivity contribution in [3.63, 3.8) is 0 Å². The van der Waals surface area contributed by atoms with Crippen LogP contribution < -0.4 is 4.74 Å². The van der Waals surface area contributed by atoms with Crippen LogP contribution in [0.25, 0.3) is 0 Å². The number of carbonyl (C=O) groups is 1. The molecule has 68 valence electrons. The quantitative estimate of drug-likeness (QED) is 0.613. The molecule has 0 radical (unpaired) electrons. The van der Waals surface area contributed by atoms with Crippen molar-refractivity contribution in [3.8, 4) is 5.75 Å². The average Bonchev–Trinajstić information content (AvgIpc) is 2.46. The van der Waals surface area contributed by atoms with E-state index in [-0.39, 0.29) is 5.97 Å². The zero-order chi connectivity index (χ0) is 9.42. The number of ether oxygens (including phenoxy) is 2. The summed E-state index contributed by atoms with van der Waals surface area (Å²) in [4.78, 5) is 11.3. The fourth-order valence-electron chi connectivity index (χ4n) is 1.55. The number of benzene rings is 1. The normalized spacial score (nSPS) is 13.8. The fourth-order valence-corrected chi connectivity index (χ4v) is 1.55. The van der Waals surface area contributed by atoms with E-state index in [9.17, 15) is 4.79 Å². The first-order chi connectivity index (χ1) is 6.22. The van der Waals surface area contributed by atoms with Crippen molar-refractivity contribution in [1.82, 2.24) is 0 Å². The summed E-state index contributed by atoms with van der Waals surface area (Å²) < 4.78 is 10.0. The van der Waals surface area contributed by atoms with E-state index < -0.39 is 0 Å². The molecule has 0 aromatic heterocycles. The summed E-state index contributed by atoms with van der Waals surface area (Å²) in [5.41, 5.74) is 2.57. The van der Waals surface area contributed by atoms with E-state index in [1.165, 1.54) is 0 Å². The molecule has 1 aliphatic heterocycles. The molecule has 0 aliphatic carbocycles. The largest absolute Gasteiger partial charge is 0.496 e. The molecule has 1 heterocycles. The number of methoxy groups -OCH3 is 1. The Kier molecular flexibility index (Phi) is 1.72. The van der Waals surface area contributed by atoms with Gasteiger partial charge in [0.05, 0.1) is 7.11 Å². The van der Waals surface area contributed by atoms with Gasteiger partial charge in [0, 0.05) is 5.56 Å². The van der Waals surface area contributed by atoms with E-state index in [0.29, 0.717) is 17.9 Å². The molecule has 0 N–H and O–H groups in total. The van der Waals surface area contributed by atoms with Crippen molar-refractivity contribution in [2.75, 3.05) is 7.11 Å². The summed E-state index contributed by atoms with van der Waals surface area (Å²) in [5, 5.41) is 0. The van der Waals surface area contributed by atoms with Gasteiger partial charge in [-0.1, -0.05) is 6.07 Å². The third-order valence-electron chi connectivity index (χ3n) is 2.11. The molecule has 0 saturated heterocycles. The van der Waals surface area contributed by atoms with Gasteiger partial charge in [-0.3, -0.25) is 0 Å². The van der Waals surface area contributed by atoms with Crippen molar-refractivity contribution in [1.29, 1.82) is 0 Å². The van der Waals surface area contributed by atoms with Gasteiger partial charge in [0.15, 0.2) is 0 Å². The molecule has 1 aliphatic rings. The molecule has 1 aromatic carbocycles. The predicted octanol–water partition coefficient (Wildman–Crippen LogP) is 1.67. The minimum absolute atomic E-state index is 0.285. The molecule has 0 amide bonds. The Labute approximate surface area is 76.3 Å². The monoisotopic (exact) mass is 178 g/mol. The molecule has 0 unspecified atom stereocenters. The number of hydrogen-bond donors (Lipinski definition) is 0. The summed E-state index contributed by atoms with van der Waals surface area (Å²) >= 11 is 0. The van der Waals surface area contributed by atoms with Crippen LogP contribution >= 0.6 is 0 Å². The molecule has 1 aromatic rings. The molecular formula is C10H10O3. The van der Waals surface area contributed by atoms with E-state index in [4.69, 9.17) is 9.47 Å². The van der Waals surface area contributed by atoms with Crippen LogP contribution in [0.4, 0.5) is 0 Å². The minimum atomic E-state index is -0.285. The first-order valence-electron chi connectivity index (χ1n) is 4.07. The number of rotatable bonds is 1. The Morgan fingerprint density at radius 2 is 2.23 bits per heavy atom. The first-order valence-corrected chi connectivity index (χ1v) is 4.07. The maximum Gasteiger partial charge on any atom is 0.342 e. The summed E-state index contributed by atoms with van der Waals surface area (Å²) in [6.07, 6.45) is 0. The molecule has 0 spiro atoms. The van der Waals surface area contributed by atoms with Crippen LogP contribution in [0.3, 0.4) is 0 Å². The Morgan fingerprint density at radius 1 is 1.46 bits per heavy atom. The number of aryl methyl sites for hydroxylation is 1. The highest BCUT2D eigenvalue weighted by atomic mass is 16.5. The number of esters is 1. The topological polar surface area (TPSA) is 35.5 Å². The standard InChI is InChI=1S/C10H10O3/c1-6-3-7-5-13-10(11)9(7)8(4-6)12-2/h3-4H,5H2,1-2H3. The Morgan fingerprint density at radius 3 is 2.92 bits per heavy atom. The van der Waals surface area contributed by atoms with Crippen molar-refractivity contribution in [3.05, 3.63) is 28.8 Å². The third-order valence-corrected chi connectivity index (χ3v) is 2.11. The van der Waals surface area contributed by atoms with Crippen molar-refractivity contribution in [2.45, 2.75) is 13.5 Å². The van der Waals surface area contributed by atoms with Gasteiger partial charge in [-0.2, -0.15) is 0 Å². The lowest BCUT2D eigenvalue weighted by Crippen LogP contribution is -1.98. The second-order valence-corrected chi connectivity index (χ2v) is 3.08. The Balaban J connectivity index is 2.64. The van der Waals surface area contributed by atoms with E-state index >= 15 is 0 Å². The van der Waals surface area contributed by atoms with Crippen LogP contribution in [0.2, 0.25) is 0 Å². The highest BCUT2D eigenvalue weighted by Crippen LogP contribution is 2.30. The molecule has 0 saturated carbocycles. The van der Waals surface area contributed by atoms with Crippen molar-refractivity contribution < 1.29 is 14.3 Å². The summed E-state index contributed by atoms with van der Waals surface area (Å²) in [5.74, 6) is 0.323. The summed E-state index contributed by atoms with van der Waals surface area (Å²) in [6.45, 7) is 2.33. The van der Waals surface area contributed by atoms with Gasteiger partial charge < -0.3 is 9.47 Å². The van der Waals surface area contributed by atoms with Gasteiger partial charge in [-0.15, -0.1) is 0 Å². The van der Waals surface area contributed by atoms with Crippen molar-refractivity contribution >= 4 is 5.97 Å². The van der Waals surface area contributed by atoms with Gasteiger partial charge >= 0.3 is 5.97 Å². The van der Waals surface area contributed by atoms with Gasteiger partial charge in [0.1, 0.15) is 17.9 Å². The SMILES string of the molecule is COc1cc(C)cc2c1C(=O)OC2. The summed E-state index contributed by atoms with van der Waals surface area (Å²) in [7, 11) is 1.56. The third kappa shape index (κ3) is 1.16. The van der Waals surface area contributed by atoms with Gasteiger partial charge in [0.25, 0.3) is 0 Å². The van der Waals surface area contributed by atoms with Gasteiger partial charge in [0.2, 0.25) is 0 Å². The van der Waals surface area contributed by atoms with Crippen LogP contribution in [-0.2, 0) is 11.3 Å². The molecule has 0 bridgehead atoms. The lowest BCUT2D eigenvalue weighted by atomic mass is 10.1. The lowest BCUT2D eigenvalue weighted by molar-refractivity contribution is 0.0533. The summed E-state index contributed by atoms with van der Waals surface area (Å²) in [6, 6.07) is 3.79. The van der Waals surface area contributed by atoms with Gasteiger partial charge in [-0.05, 0) is 18.6 Å². The Bertz CT molecular complexity index is 369. The fraction of sp³-hybridized carbons (Fsp3) is 0.300. The van der Waals surface area contributed by atoms with Gasteiger partial charge in [-0.25, -0.2) is 4.79 Å². The van der Waals surface area contributed by atoms with Crippen LogP contribution in [0.15, 0.2) is 12.1 Å². The van der Waals surface area contributed by atoms with Crippen LogP contribution in [0.1, 0.15) is 21.5 Å². The maximum atomic E-state index is 11.3. The first kappa shape index (κ1) is 8.10. The van der Waals surface area contributed by atoms with E-state index in [1.807, 2.05) is 19.1 Å². The minimum Gasteiger partial charge on any atom is -0.496 e. The van der Waals surface area contributed by atoms with Crippen LogP contribution in [0.5, 0.6) is 5.75 Å². The van der Waals surface area contributed by atoms with Crippen molar-refractivity contribution in [2.24, 2.45) is 0 Å². The zero-order valence-corrected chi connectivity index (χ0v) is 7.59. The molecule has 0 fully saturated rings. The highest BCUT2D eigenvalue weighted by molar-refractivity contribution is 5.96. The molecule has 3 heteroatoms. The number of hydrogen-bond acceptors (Lipinski definition) is 3. The molecule has 13 heavy (non-hydrogen) atoms. The second kappa shape index (κ2) is 2.76. The highest BCUT2D eigenvalue weighted by Gasteiger charge is 2.25. The molecule has 2 rings (SSSR count). The number of fused-ring (bicyclic) bond motifs is 1. The van der Waals surface area contributed by atoms with E-state index in [2.05, 4.69) is 0 Å². The second-order valence-electron chi connectivity index (χ2n) is 3.08. The average molecular weight is 178 g/mol. The number of carbonyl (C=O) groups excluding carboxylic acids is 1. The molecular weight excluding hydrogens is 168 g/mol. The lowest BCUT2D eigenvalue weighted by Gasteiger charge is -2.04. The van der Waals surface area contributed by atoms with E-state index in [1.54, 1.807) is 7.11 Å². The number of cyclic esters (lactones) is 1. The van der Waals surface area contributed by atoms with E-state index in [0.717, 1.165) is 11.1 Å². The maximum absolute atomic E-state index is 11.3. The smallest absolute Gasteiger partial charge is 0.342 e. The van der Waals surface area contributed by atoms with Crippen LogP contribution in [0, 0.1) is 6.92 Å². The zero-order valence-electron chi connectivity index (χ0n) is 7.59. The Hall–Kier alpha value is -1.51. The molecule has 0 atom stereocenters.